The van der Waals surface area contributed by atoms with E-state index in [-0.39, 0.29) is 0 Å². The molecule has 0 unspecified atom stereocenters. The van der Waals surface area contributed by atoms with Crippen LogP contribution in [-0.4, -0.2) is 25.2 Å². The summed E-state index contributed by atoms with van der Waals surface area (Å²) in [6.07, 6.45) is 4.64. The quantitative estimate of drug-likeness (QED) is 0.798. The molecular weight excluding hydrogens is 253 g/mol. The van der Waals surface area contributed by atoms with E-state index in [4.69, 9.17) is 0 Å². The number of halogens is 1. The number of pyridine rings is 1. The zero-order valence-corrected chi connectivity index (χ0v) is 10.5. The Bertz CT molecular complexity index is 538. The Morgan fingerprint density at radius 2 is 2.11 bits per heavy atom. The van der Waals surface area contributed by atoms with Crippen LogP contribution < -0.4 is 0 Å². The second-order valence-electron chi connectivity index (χ2n) is 4.24. The fraction of sp³-hybridized carbons (Fsp3) is 0.455. The first kappa shape index (κ1) is 11.6. The van der Waals surface area contributed by atoms with Gasteiger partial charge in [0.1, 0.15) is 5.03 Å². The molecule has 1 saturated carbocycles. The van der Waals surface area contributed by atoms with E-state index in [0.29, 0.717) is 16.2 Å². The number of nitrogens with zero attached hydrogens (tertiary/aromatic N) is 5. The van der Waals surface area contributed by atoms with Crippen LogP contribution in [0.2, 0.25) is 0 Å². The highest BCUT2D eigenvalue weighted by Crippen LogP contribution is 2.33. The Balaban J connectivity index is 1.82. The van der Waals surface area contributed by atoms with Gasteiger partial charge in [0.25, 0.3) is 0 Å². The first-order valence-corrected chi connectivity index (χ1v) is 6.73. The van der Waals surface area contributed by atoms with Crippen molar-refractivity contribution in [2.45, 2.75) is 41.9 Å². The van der Waals surface area contributed by atoms with Crippen LogP contribution in [0.5, 0.6) is 0 Å². The fourth-order valence-corrected chi connectivity index (χ4v) is 2.99. The summed E-state index contributed by atoms with van der Waals surface area (Å²) in [6, 6.07) is 5.08. The van der Waals surface area contributed by atoms with E-state index in [2.05, 4.69) is 20.5 Å². The molecule has 1 aliphatic rings. The Morgan fingerprint density at radius 1 is 1.28 bits per heavy atom. The number of hydrogen-bond donors (Lipinski definition) is 0. The summed E-state index contributed by atoms with van der Waals surface area (Å²) in [5, 5.41) is 13.0. The minimum atomic E-state index is -0.486. The molecule has 0 aliphatic heterocycles. The summed E-state index contributed by atoms with van der Waals surface area (Å²) >= 11 is 1.30. The van der Waals surface area contributed by atoms with Gasteiger partial charge < -0.3 is 0 Å². The highest BCUT2D eigenvalue weighted by atomic mass is 32.2. The molecule has 5 nitrogen and oxygen atoms in total. The van der Waals surface area contributed by atoms with Crippen molar-refractivity contribution in [1.82, 2.24) is 25.2 Å². The lowest BCUT2D eigenvalue weighted by Gasteiger charge is -2.10. The van der Waals surface area contributed by atoms with Crippen LogP contribution in [0.3, 0.4) is 0 Å². The molecule has 0 N–H and O–H groups in total. The summed E-state index contributed by atoms with van der Waals surface area (Å²) in [5.41, 5.74) is 0. The zero-order chi connectivity index (χ0) is 12.4. The van der Waals surface area contributed by atoms with Crippen molar-refractivity contribution in [3.8, 4) is 0 Å². The van der Waals surface area contributed by atoms with Gasteiger partial charge in [-0.1, -0.05) is 18.9 Å². The van der Waals surface area contributed by atoms with Gasteiger partial charge >= 0.3 is 0 Å². The van der Waals surface area contributed by atoms with Crippen LogP contribution in [0.25, 0.3) is 0 Å². The summed E-state index contributed by atoms with van der Waals surface area (Å²) in [4.78, 5) is 3.80. The Hall–Kier alpha value is -1.50. The van der Waals surface area contributed by atoms with Crippen LogP contribution in [-0.2, 0) is 0 Å². The lowest BCUT2D eigenvalue weighted by Crippen LogP contribution is -2.08. The highest BCUT2D eigenvalue weighted by Gasteiger charge is 2.22. The molecule has 2 aromatic rings. The molecule has 3 rings (SSSR count). The van der Waals surface area contributed by atoms with E-state index in [9.17, 15) is 4.39 Å². The maximum absolute atomic E-state index is 13.0. The summed E-state index contributed by atoms with van der Waals surface area (Å²) in [6.45, 7) is 0. The first-order valence-electron chi connectivity index (χ1n) is 5.91. The minimum absolute atomic E-state index is 0.371. The van der Waals surface area contributed by atoms with Gasteiger partial charge in [0.05, 0.1) is 6.04 Å². The van der Waals surface area contributed by atoms with E-state index in [0.717, 1.165) is 12.8 Å². The van der Waals surface area contributed by atoms with Gasteiger partial charge in [0.2, 0.25) is 11.1 Å². The Kier molecular flexibility index (Phi) is 3.22. The number of tetrazole rings is 1. The van der Waals surface area contributed by atoms with Crippen molar-refractivity contribution in [3.05, 3.63) is 24.1 Å². The maximum atomic E-state index is 13.0. The van der Waals surface area contributed by atoms with Crippen LogP contribution >= 0.6 is 11.8 Å². The number of aromatic nitrogens is 5. The molecule has 0 aromatic carbocycles. The predicted molar refractivity (Wildman–Crippen MR) is 63.6 cm³/mol. The lowest BCUT2D eigenvalue weighted by atomic mass is 10.3. The average Bonchev–Trinajstić information content (AvgIpc) is 2.98. The fourth-order valence-electron chi connectivity index (χ4n) is 2.17. The third-order valence-electron chi connectivity index (χ3n) is 3.02. The smallest absolute Gasteiger partial charge is 0.215 e. The van der Waals surface area contributed by atoms with E-state index in [1.54, 1.807) is 12.1 Å². The summed E-state index contributed by atoms with van der Waals surface area (Å²) in [7, 11) is 0. The van der Waals surface area contributed by atoms with E-state index in [1.807, 2.05) is 4.68 Å². The molecule has 2 heterocycles. The molecule has 94 valence electrons. The molecule has 0 amide bonds. The normalized spacial score (nSPS) is 16.3. The standard InChI is InChI=1S/C11H12FN5S/c12-9-6-3-7-10(13-9)18-11-14-15-16-17(11)8-4-1-2-5-8/h3,6-8H,1-2,4-5H2. The topological polar surface area (TPSA) is 56.5 Å². The molecular formula is C11H12FN5S. The number of hydrogen-bond acceptors (Lipinski definition) is 5. The third-order valence-corrected chi connectivity index (χ3v) is 3.91. The molecule has 18 heavy (non-hydrogen) atoms. The molecule has 2 aromatic heterocycles. The maximum Gasteiger partial charge on any atom is 0.215 e. The largest absolute Gasteiger partial charge is 0.217 e. The van der Waals surface area contributed by atoms with Gasteiger partial charge in [-0.05, 0) is 47.2 Å². The van der Waals surface area contributed by atoms with E-state index >= 15 is 0 Å². The van der Waals surface area contributed by atoms with Gasteiger partial charge in [-0.3, -0.25) is 0 Å². The molecule has 0 saturated heterocycles. The highest BCUT2D eigenvalue weighted by molar-refractivity contribution is 7.99. The third kappa shape index (κ3) is 2.35. The molecule has 1 fully saturated rings. The van der Waals surface area contributed by atoms with Gasteiger partial charge in [0, 0.05) is 0 Å². The van der Waals surface area contributed by atoms with E-state index in [1.165, 1.54) is 30.7 Å². The van der Waals surface area contributed by atoms with Crippen LogP contribution in [0.4, 0.5) is 4.39 Å². The molecule has 0 bridgehead atoms. The molecule has 0 atom stereocenters. The Labute approximate surface area is 108 Å². The average molecular weight is 265 g/mol. The number of rotatable bonds is 3. The lowest BCUT2D eigenvalue weighted by molar-refractivity contribution is 0.423. The van der Waals surface area contributed by atoms with Crippen molar-refractivity contribution in [1.29, 1.82) is 0 Å². The van der Waals surface area contributed by atoms with E-state index < -0.39 is 5.95 Å². The van der Waals surface area contributed by atoms with Crippen molar-refractivity contribution in [2.75, 3.05) is 0 Å². The SMILES string of the molecule is Fc1cccc(Sc2nnnn2C2CCCC2)n1. The minimum Gasteiger partial charge on any atom is -0.217 e. The monoisotopic (exact) mass is 265 g/mol. The van der Waals surface area contributed by atoms with Crippen molar-refractivity contribution < 1.29 is 4.39 Å². The second kappa shape index (κ2) is 5.01. The Morgan fingerprint density at radius 3 is 2.89 bits per heavy atom. The van der Waals surface area contributed by atoms with Gasteiger partial charge in [-0.15, -0.1) is 5.10 Å². The zero-order valence-electron chi connectivity index (χ0n) is 9.66. The molecule has 0 radical (unpaired) electrons. The van der Waals surface area contributed by atoms with Crippen molar-refractivity contribution >= 4 is 11.8 Å². The van der Waals surface area contributed by atoms with Crippen LogP contribution in [0.1, 0.15) is 31.7 Å². The first-order chi connectivity index (χ1) is 8.83. The summed E-state index contributed by atoms with van der Waals surface area (Å²) < 4.78 is 14.9. The second-order valence-corrected chi connectivity index (χ2v) is 5.23. The molecule has 0 spiro atoms. The summed E-state index contributed by atoms with van der Waals surface area (Å²) in [5.74, 6) is -0.486. The van der Waals surface area contributed by atoms with Crippen LogP contribution in [0.15, 0.2) is 28.4 Å². The molecule has 7 heteroatoms. The van der Waals surface area contributed by atoms with Crippen molar-refractivity contribution in [3.63, 3.8) is 0 Å². The predicted octanol–water partition coefficient (Wildman–Crippen LogP) is 2.47. The van der Waals surface area contributed by atoms with Gasteiger partial charge in [-0.2, -0.15) is 4.39 Å². The van der Waals surface area contributed by atoms with Gasteiger partial charge in [0.15, 0.2) is 0 Å². The van der Waals surface area contributed by atoms with Crippen molar-refractivity contribution in [2.24, 2.45) is 0 Å². The molecule has 1 aliphatic carbocycles. The van der Waals surface area contributed by atoms with Crippen LogP contribution in [0, 0.1) is 5.95 Å². The van der Waals surface area contributed by atoms with Gasteiger partial charge in [-0.25, -0.2) is 9.67 Å².